The largest absolute Gasteiger partial charge is 0.271 e. The molecule has 112 valence electrons. The number of aromatic nitrogens is 2. The Balaban J connectivity index is 1.59. The molecule has 22 heavy (non-hydrogen) atoms. The van der Waals surface area contributed by atoms with Gasteiger partial charge in [-0.15, -0.1) is 0 Å². The maximum atomic E-state index is 13.1. The van der Waals surface area contributed by atoms with Gasteiger partial charge in [-0.25, -0.2) is 13.4 Å². The molecule has 3 aromatic rings. The SMILES string of the molecule is C=C(NOCc1ccc2nonc2c1)c1ccc(F)c(F)c1. The van der Waals surface area contributed by atoms with Crippen molar-refractivity contribution in [3.63, 3.8) is 0 Å². The van der Waals surface area contributed by atoms with Gasteiger partial charge in [-0.05, 0) is 46.2 Å². The highest BCUT2D eigenvalue weighted by molar-refractivity contribution is 5.73. The van der Waals surface area contributed by atoms with Crippen LogP contribution in [0.1, 0.15) is 11.1 Å². The van der Waals surface area contributed by atoms with Crippen molar-refractivity contribution in [1.29, 1.82) is 0 Å². The first-order valence-corrected chi connectivity index (χ1v) is 6.37. The minimum Gasteiger partial charge on any atom is -0.271 e. The predicted molar refractivity (Wildman–Crippen MR) is 75.1 cm³/mol. The Labute approximate surface area is 124 Å². The molecule has 5 nitrogen and oxygen atoms in total. The van der Waals surface area contributed by atoms with E-state index in [9.17, 15) is 8.78 Å². The van der Waals surface area contributed by atoms with Crippen molar-refractivity contribution in [2.45, 2.75) is 6.61 Å². The Hall–Kier alpha value is -2.80. The lowest BCUT2D eigenvalue weighted by Crippen LogP contribution is -2.12. The van der Waals surface area contributed by atoms with Gasteiger partial charge in [0.25, 0.3) is 0 Å². The third kappa shape index (κ3) is 2.94. The Kier molecular flexibility index (Phi) is 3.80. The number of benzene rings is 2. The van der Waals surface area contributed by atoms with E-state index in [0.717, 1.165) is 17.7 Å². The van der Waals surface area contributed by atoms with Gasteiger partial charge in [-0.2, -0.15) is 0 Å². The number of rotatable bonds is 5. The second kappa shape index (κ2) is 5.90. The monoisotopic (exact) mass is 303 g/mol. The van der Waals surface area contributed by atoms with Crippen LogP contribution in [0.3, 0.4) is 0 Å². The number of nitrogens with one attached hydrogen (secondary N) is 1. The molecular formula is C15H11F2N3O2. The normalized spacial score (nSPS) is 10.8. The molecule has 0 atom stereocenters. The molecule has 0 bridgehead atoms. The highest BCUT2D eigenvalue weighted by Crippen LogP contribution is 2.15. The van der Waals surface area contributed by atoms with Crippen LogP contribution >= 0.6 is 0 Å². The molecule has 0 aliphatic heterocycles. The minimum atomic E-state index is -0.940. The Morgan fingerprint density at radius 2 is 1.91 bits per heavy atom. The van der Waals surface area contributed by atoms with E-state index in [1.54, 1.807) is 12.1 Å². The molecule has 0 spiro atoms. The first kappa shape index (κ1) is 14.2. The third-order valence-electron chi connectivity index (χ3n) is 3.02. The number of hydroxylamine groups is 1. The molecule has 1 aromatic heterocycles. The van der Waals surface area contributed by atoms with Crippen molar-refractivity contribution >= 4 is 16.7 Å². The van der Waals surface area contributed by atoms with Gasteiger partial charge in [0.15, 0.2) is 11.6 Å². The molecule has 0 saturated carbocycles. The van der Waals surface area contributed by atoms with E-state index < -0.39 is 11.6 Å². The summed E-state index contributed by atoms with van der Waals surface area (Å²) in [5.74, 6) is -1.85. The van der Waals surface area contributed by atoms with Crippen molar-refractivity contribution in [3.8, 4) is 0 Å². The zero-order valence-electron chi connectivity index (χ0n) is 11.3. The zero-order valence-corrected chi connectivity index (χ0v) is 11.3. The molecule has 0 aliphatic carbocycles. The third-order valence-corrected chi connectivity index (χ3v) is 3.02. The minimum absolute atomic E-state index is 0.228. The maximum Gasteiger partial charge on any atom is 0.159 e. The summed E-state index contributed by atoms with van der Waals surface area (Å²) in [6, 6.07) is 8.82. The molecule has 7 heteroatoms. The molecule has 1 heterocycles. The van der Waals surface area contributed by atoms with Crippen LogP contribution in [0.25, 0.3) is 16.7 Å². The summed E-state index contributed by atoms with van der Waals surface area (Å²) in [6.07, 6.45) is 0. The summed E-state index contributed by atoms with van der Waals surface area (Å²) in [5, 5.41) is 7.43. The lowest BCUT2D eigenvalue weighted by Gasteiger charge is -2.10. The molecular weight excluding hydrogens is 292 g/mol. The van der Waals surface area contributed by atoms with Crippen LogP contribution < -0.4 is 5.48 Å². The van der Waals surface area contributed by atoms with E-state index >= 15 is 0 Å². The van der Waals surface area contributed by atoms with Crippen LogP contribution in [-0.4, -0.2) is 10.3 Å². The lowest BCUT2D eigenvalue weighted by molar-refractivity contribution is 0.0648. The van der Waals surface area contributed by atoms with Gasteiger partial charge < -0.3 is 0 Å². The standard InChI is InChI=1S/C15H11F2N3O2/c1-9(11-3-4-12(16)13(17)7-11)18-21-8-10-2-5-14-15(6-10)20-22-19-14/h2-7,18H,1,8H2. The van der Waals surface area contributed by atoms with E-state index in [4.69, 9.17) is 4.84 Å². The summed E-state index contributed by atoms with van der Waals surface area (Å²) in [4.78, 5) is 5.29. The van der Waals surface area contributed by atoms with E-state index in [-0.39, 0.29) is 6.61 Å². The number of fused-ring (bicyclic) bond motifs is 1. The van der Waals surface area contributed by atoms with Crippen LogP contribution in [0.4, 0.5) is 8.78 Å². The van der Waals surface area contributed by atoms with Gasteiger partial charge in [0.05, 0.1) is 12.3 Å². The molecule has 0 aliphatic rings. The van der Waals surface area contributed by atoms with Gasteiger partial charge in [0.1, 0.15) is 11.0 Å². The zero-order chi connectivity index (χ0) is 15.5. The highest BCUT2D eigenvalue weighted by Gasteiger charge is 2.06. The number of halogens is 2. The fraction of sp³-hybridized carbons (Fsp3) is 0.0667. The van der Waals surface area contributed by atoms with Crippen LogP contribution in [0, 0.1) is 11.6 Å². The molecule has 0 fully saturated rings. The van der Waals surface area contributed by atoms with Crippen LogP contribution in [-0.2, 0) is 11.4 Å². The van der Waals surface area contributed by atoms with Crippen molar-refractivity contribution in [2.24, 2.45) is 0 Å². The van der Waals surface area contributed by atoms with Crippen molar-refractivity contribution in [2.75, 3.05) is 0 Å². The topological polar surface area (TPSA) is 60.2 Å². The van der Waals surface area contributed by atoms with Crippen LogP contribution in [0.15, 0.2) is 47.6 Å². The lowest BCUT2D eigenvalue weighted by atomic mass is 10.2. The Bertz CT molecular complexity index is 833. The summed E-state index contributed by atoms with van der Waals surface area (Å²) in [7, 11) is 0. The number of nitrogens with zero attached hydrogens (tertiary/aromatic N) is 2. The van der Waals surface area contributed by atoms with E-state index in [2.05, 4.69) is 27.0 Å². The molecule has 0 saturated heterocycles. The van der Waals surface area contributed by atoms with Gasteiger partial charge in [-0.3, -0.25) is 10.3 Å². The summed E-state index contributed by atoms with van der Waals surface area (Å²) >= 11 is 0. The van der Waals surface area contributed by atoms with E-state index in [1.165, 1.54) is 6.07 Å². The number of hydrogen-bond donors (Lipinski definition) is 1. The van der Waals surface area contributed by atoms with Gasteiger partial charge in [-0.1, -0.05) is 12.6 Å². The van der Waals surface area contributed by atoms with Crippen LogP contribution in [0.2, 0.25) is 0 Å². The first-order chi connectivity index (χ1) is 10.6. The molecule has 0 unspecified atom stereocenters. The summed E-state index contributed by atoms with van der Waals surface area (Å²) in [5.41, 5.74) is 5.44. The first-order valence-electron chi connectivity index (χ1n) is 6.37. The van der Waals surface area contributed by atoms with E-state index in [1.807, 2.05) is 6.07 Å². The molecule has 3 rings (SSSR count). The van der Waals surface area contributed by atoms with Gasteiger partial charge in [0.2, 0.25) is 0 Å². The smallest absolute Gasteiger partial charge is 0.159 e. The quantitative estimate of drug-likeness (QED) is 0.733. The fourth-order valence-electron chi connectivity index (χ4n) is 1.87. The van der Waals surface area contributed by atoms with Gasteiger partial charge in [0, 0.05) is 5.56 Å². The van der Waals surface area contributed by atoms with E-state index in [0.29, 0.717) is 22.3 Å². The Morgan fingerprint density at radius 1 is 1.09 bits per heavy atom. The molecule has 0 amide bonds. The fourth-order valence-corrected chi connectivity index (χ4v) is 1.87. The predicted octanol–water partition coefficient (Wildman–Crippen LogP) is 3.19. The summed E-state index contributed by atoms with van der Waals surface area (Å²) < 4.78 is 30.6. The molecule has 0 radical (unpaired) electrons. The Morgan fingerprint density at radius 3 is 2.73 bits per heavy atom. The van der Waals surface area contributed by atoms with Crippen molar-refractivity contribution in [3.05, 3.63) is 65.7 Å². The van der Waals surface area contributed by atoms with Crippen molar-refractivity contribution < 1.29 is 18.2 Å². The second-order valence-corrected chi connectivity index (χ2v) is 4.59. The summed E-state index contributed by atoms with van der Waals surface area (Å²) in [6.45, 7) is 3.93. The molecule has 1 N–H and O–H groups in total. The second-order valence-electron chi connectivity index (χ2n) is 4.59. The maximum absolute atomic E-state index is 13.1. The average molecular weight is 303 g/mol. The van der Waals surface area contributed by atoms with Crippen molar-refractivity contribution in [1.82, 2.24) is 15.8 Å². The molecule has 2 aromatic carbocycles. The van der Waals surface area contributed by atoms with Crippen LogP contribution in [0.5, 0.6) is 0 Å². The average Bonchev–Trinajstić information content (AvgIpc) is 2.97. The number of hydrogen-bond acceptors (Lipinski definition) is 5. The highest BCUT2D eigenvalue weighted by atomic mass is 19.2. The van der Waals surface area contributed by atoms with Gasteiger partial charge >= 0.3 is 0 Å².